The molecule has 0 aliphatic heterocycles. The number of nitrogen functional groups attached to an aromatic ring is 1. The largest absolute Gasteiger partial charge is 0.495 e. The van der Waals surface area contributed by atoms with E-state index in [1.54, 1.807) is 12.0 Å². The van der Waals surface area contributed by atoms with Crippen LogP contribution in [0.4, 0.5) is 17.6 Å². The van der Waals surface area contributed by atoms with Crippen molar-refractivity contribution in [1.29, 1.82) is 0 Å². The maximum atomic E-state index is 5.62. The molecule has 7 nitrogen and oxygen atoms in total. The van der Waals surface area contributed by atoms with Crippen molar-refractivity contribution < 1.29 is 9.47 Å². The van der Waals surface area contributed by atoms with Gasteiger partial charge in [-0.05, 0) is 12.1 Å². The normalized spacial score (nSPS) is 10.1. The lowest BCUT2D eigenvalue weighted by atomic mass is 10.3. The summed E-state index contributed by atoms with van der Waals surface area (Å²) >= 11 is 0. The van der Waals surface area contributed by atoms with Crippen molar-refractivity contribution in [3.05, 3.63) is 24.3 Å². The van der Waals surface area contributed by atoms with Crippen LogP contribution in [0.1, 0.15) is 0 Å². The molecule has 0 amide bonds. The highest BCUT2D eigenvalue weighted by Gasteiger charge is 2.14. The fraction of sp³-hybridized carbons (Fsp3) is 0.250. The summed E-state index contributed by atoms with van der Waals surface area (Å²) in [6.07, 6.45) is 0. The monoisotopic (exact) mass is 261 g/mol. The van der Waals surface area contributed by atoms with Crippen molar-refractivity contribution in [1.82, 2.24) is 15.0 Å². The average Bonchev–Trinajstić information content (AvgIpc) is 2.45. The van der Waals surface area contributed by atoms with Gasteiger partial charge in [-0.1, -0.05) is 12.1 Å². The van der Waals surface area contributed by atoms with Crippen molar-refractivity contribution in [2.45, 2.75) is 0 Å². The lowest BCUT2D eigenvalue weighted by Gasteiger charge is -2.19. The van der Waals surface area contributed by atoms with Gasteiger partial charge < -0.3 is 20.1 Å². The van der Waals surface area contributed by atoms with Gasteiger partial charge in [-0.25, -0.2) is 0 Å². The van der Waals surface area contributed by atoms with Crippen molar-refractivity contribution in [3.8, 4) is 11.8 Å². The lowest BCUT2D eigenvalue weighted by Crippen LogP contribution is -2.16. The minimum Gasteiger partial charge on any atom is -0.495 e. The van der Waals surface area contributed by atoms with E-state index in [9.17, 15) is 0 Å². The molecule has 2 N–H and O–H groups in total. The van der Waals surface area contributed by atoms with Crippen molar-refractivity contribution >= 4 is 17.6 Å². The summed E-state index contributed by atoms with van der Waals surface area (Å²) in [6, 6.07) is 7.71. The molecule has 0 fully saturated rings. The Hall–Kier alpha value is -2.57. The Balaban J connectivity index is 2.43. The van der Waals surface area contributed by atoms with Crippen LogP contribution < -0.4 is 20.1 Å². The zero-order chi connectivity index (χ0) is 13.8. The number of hydrogen-bond donors (Lipinski definition) is 1. The average molecular weight is 261 g/mol. The summed E-state index contributed by atoms with van der Waals surface area (Å²) in [5.41, 5.74) is 6.44. The first-order valence-corrected chi connectivity index (χ1v) is 5.58. The molecule has 0 spiro atoms. The fourth-order valence-corrected chi connectivity index (χ4v) is 1.62. The van der Waals surface area contributed by atoms with Gasteiger partial charge in [-0.15, -0.1) is 0 Å². The molecule has 0 saturated carbocycles. The van der Waals surface area contributed by atoms with Gasteiger partial charge in [-0.3, -0.25) is 0 Å². The second-order valence-corrected chi connectivity index (χ2v) is 3.71. The van der Waals surface area contributed by atoms with Gasteiger partial charge in [0.25, 0.3) is 0 Å². The summed E-state index contributed by atoms with van der Waals surface area (Å²) in [6.45, 7) is 0. The Morgan fingerprint density at radius 2 is 1.79 bits per heavy atom. The van der Waals surface area contributed by atoms with E-state index in [2.05, 4.69) is 15.0 Å². The molecule has 2 aromatic rings. The van der Waals surface area contributed by atoms with Crippen LogP contribution in [0.3, 0.4) is 0 Å². The summed E-state index contributed by atoms with van der Waals surface area (Å²) in [5.74, 6) is 1.19. The molecule has 1 aromatic heterocycles. The molecule has 0 saturated heterocycles. The third-order valence-corrected chi connectivity index (χ3v) is 2.55. The quantitative estimate of drug-likeness (QED) is 0.885. The second kappa shape index (κ2) is 5.38. The van der Waals surface area contributed by atoms with Crippen LogP contribution in [0.15, 0.2) is 24.3 Å². The SMILES string of the molecule is COc1nc(N)nc(N(C)c2ccccc2OC)n1. The van der Waals surface area contributed by atoms with E-state index in [0.717, 1.165) is 5.69 Å². The fourth-order valence-electron chi connectivity index (χ4n) is 1.62. The minimum atomic E-state index is 0.101. The van der Waals surface area contributed by atoms with Gasteiger partial charge in [-0.2, -0.15) is 15.0 Å². The van der Waals surface area contributed by atoms with E-state index < -0.39 is 0 Å². The first-order chi connectivity index (χ1) is 9.15. The van der Waals surface area contributed by atoms with E-state index in [4.69, 9.17) is 15.2 Å². The highest BCUT2D eigenvalue weighted by atomic mass is 16.5. The maximum Gasteiger partial charge on any atom is 0.322 e. The van der Waals surface area contributed by atoms with Crippen LogP contribution in [0, 0.1) is 0 Å². The number of rotatable bonds is 4. The summed E-state index contributed by atoms with van der Waals surface area (Å²) in [5, 5.41) is 0. The third-order valence-electron chi connectivity index (χ3n) is 2.55. The zero-order valence-electron chi connectivity index (χ0n) is 11.0. The van der Waals surface area contributed by atoms with E-state index in [0.29, 0.717) is 11.7 Å². The summed E-state index contributed by atoms with van der Waals surface area (Å²) in [4.78, 5) is 13.8. The number of hydrogen-bond acceptors (Lipinski definition) is 7. The van der Waals surface area contributed by atoms with Crippen molar-refractivity contribution in [2.24, 2.45) is 0 Å². The van der Waals surface area contributed by atoms with Crippen molar-refractivity contribution in [2.75, 3.05) is 31.9 Å². The molecule has 7 heteroatoms. The molecule has 2 rings (SSSR count). The van der Waals surface area contributed by atoms with Gasteiger partial charge in [0.15, 0.2) is 0 Å². The minimum absolute atomic E-state index is 0.101. The Kier molecular flexibility index (Phi) is 3.65. The van der Waals surface area contributed by atoms with Gasteiger partial charge >= 0.3 is 6.01 Å². The van der Waals surface area contributed by atoms with Crippen LogP contribution in [0.25, 0.3) is 0 Å². The van der Waals surface area contributed by atoms with E-state index in [-0.39, 0.29) is 12.0 Å². The van der Waals surface area contributed by atoms with Gasteiger partial charge in [0.1, 0.15) is 5.75 Å². The number of ether oxygens (including phenoxy) is 2. The van der Waals surface area contributed by atoms with E-state index >= 15 is 0 Å². The predicted octanol–water partition coefficient (Wildman–Crippen LogP) is 1.24. The molecule has 1 heterocycles. The van der Waals surface area contributed by atoms with E-state index in [1.165, 1.54) is 7.11 Å². The van der Waals surface area contributed by atoms with Crippen molar-refractivity contribution in [3.63, 3.8) is 0 Å². The first-order valence-electron chi connectivity index (χ1n) is 5.58. The Morgan fingerprint density at radius 3 is 2.47 bits per heavy atom. The zero-order valence-corrected chi connectivity index (χ0v) is 11.0. The number of aromatic nitrogens is 3. The molecular formula is C12H15N5O2. The van der Waals surface area contributed by atoms with Gasteiger partial charge in [0.2, 0.25) is 11.9 Å². The molecule has 0 radical (unpaired) electrons. The molecule has 0 atom stereocenters. The molecule has 0 aliphatic carbocycles. The predicted molar refractivity (Wildman–Crippen MR) is 71.8 cm³/mol. The molecule has 0 bridgehead atoms. The Bertz CT molecular complexity index is 576. The molecule has 1 aromatic carbocycles. The number of nitrogens with two attached hydrogens (primary N) is 1. The second-order valence-electron chi connectivity index (χ2n) is 3.71. The number of methoxy groups -OCH3 is 2. The maximum absolute atomic E-state index is 5.62. The lowest BCUT2D eigenvalue weighted by molar-refractivity contribution is 0.379. The van der Waals surface area contributed by atoms with Crippen LogP contribution in [-0.4, -0.2) is 36.2 Å². The molecule has 100 valence electrons. The van der Waals surface area contributed by atoms with Crippen LogP contribution in [-0.2, 0) is 0 Å². The Labute approximate surface area is 111 Å². The van der Waals surface area contributed by atoms with E-state index in [1.807, 2.05) is 31.3 Å². The highest BCUT2D eigenvalue weighted by Crippen LogP contribution is 2.30. The number of para-hydroxylation sites is 2. The topological polar surface area (TPSA) is 86.4 Å². The number of benzene rings is 1. The molecule has 0 unspecified atom stereocenters. The van der Waals surface area contributed by atoms with Crippen LogP contribution in [0.5, 0.6) is 11.8 Å². The Morgan fingerprint density at radius 1 is 1.05 bits per heavy atom. The molecular weight excluding hydrogens is 246 g/mol. The highest BCUT2D eigenvalue weighted by molar-refractivity contribution is 5.65. The van der Waals surface area contributed by atoms with Gasteiger partial charge in [0, 0.05) is 7.05 Å². The summed E-state index contributed by atoms with van der Waals surface area (Å²) < 4.78 is 10.3. The van der Waals surface area contributed by atoms with Crippen LogP contribution in [0.2, 0.25) is 0 Å². The molecule has 19 heavy (non-hydrogen) atoms. The van der Waals surface area contributed by atoms with Gasteiger partial charge in [0.05, 0.1) is 19.9 Å². The first kappa shape index (κ1) is 12.9. The third kappa shape index (κ3) is 2.65. The smallest absolute Gasteiger partial charge is 0.322 e. The van der Waals surface area contributed by atoms with Crippen LogP contribution >= 0.6 is 0 Å². The number of nitrogens with zero attached hydrogens (tertiary/aromatic N) is 4. The molecule has 0 aliphatic rings. The number of anilines is 3. The summed E-state index contributed by atoms with van der Waals surface area (Å²) in [7, 11) is 4.89. The standard InChI is InChI=1S/C12H15N5O2/c1-17(8-6-4-5-7-9(8)18-2)11-14-10(13)15-12(16-11)19-3/h4-7H,1-3H3,(H2,13,14,15,16).